The number of carbonyl (C=O) groups excluding carboxylic acids is 1. The van der Waals surface area contributed by atoms with Gasteiger partial charge in [0.1, 0.15) is 0 Å². The van der Waals surface area contributed by atoms with Crippen LogP contribution < -0.4 is 16.4 Å². The smallest absolute Gasteiger partial charge is 0.274 e. The number of fused-ring (bicyclic) bond motifs is 1. The molecule has 0 spiro atoms. The number of nitrogens with two attached hydrogens (primary N) is 1. The van der Waals surface area contributed by atoms with Gasteiger partial charge in [-0.2, -0.15) is 0 Å². The van der Waals surface area contributed by atoms with E-state index in [1.807, 2.05) is 18.2 Å². The Hall–Kier alpha value is -3.22. The van der Waals surface area contributed by atoms with Crippen LogP contribution in [0.15, 0.2) is 36.7 Å². The molecule has 1 aliphatic rings. The molecule has 3 rings (SSSR count). The van der Waals surface area contributed by atoms with Crippen molar-refractivity contribution in [1.82, 2.24) is 20.6 Å². The Balaban J connectivity index is 1.87. The summed E-state index contributed by atoms with van der Waals surface area (Å²) in [5, 5.41) is 13.4. The van der Waals surface area contributed by atoms with E-state index in [0.717, 1.165) is 31.0 Å². The number of amides is 1. The first kappa shape index (κ1) is 17.6. The van der Waals surface area contributed by atoms with E-state index in [1.165, 1.54) is 11.8 Å². The second-order valence-corrected chi connectivity index (χ2v) is 6.14. The van der Waals surface area contributed by atoms with E-state index < -0.39 is 0 Å². The Bertz CT molecular complexity index is 861. The van der Waals surface area contributed by atoms with Gasteiger partial charge in [0.2, 0.25) is 0 Å². The number of allylic oxidation sites excluding steroid dienone is 1. The fraction of sp³-hybridized carbons (Fsp3) is 0.263. The molecule has 7 heteroatoms. The Morgan fingerprint density at radius 3 is 2.96 bits per heavy atom. The van der Waals surface area contributed by atoms with Crippen molar-refractivity contribution >= 4 is 23.5 Å². The lowest BCUT2D eigenvalue weighted by Crippen LogP contribution is -2.32. The summed E-state index contributed by atoms with van der Waals surface area (Å²) in [5.74, 6) is -0.281. The lowest BCUT2D eigenvalue weighted by Gasteiger charge is -2.26. The molecule has 2 aromatic rings. The highest BCUT2D eigenvalue weighted by Gasteiger charge is 2.24. The summed E-state index contributed by atoms with van der Waals surface area (Å²) in [7, 11) is 1.72. The molecular formula is C19H22N6O. The minimum Gasteiger partial charge on any atom is -0.393 e. The number of aryl methyl sites for hydroxylation is 1. The van der Waals surface area contributed by atoms with E-state index >= 15 is 0 Å². The van der Waals surface area contributed by atoms with Gasteiger partial charge in [-0.1, -0.05) is 24.3 Å². The molecule has 1 aliphatic carbocycles. The maximum atomic E-state index is 12.8. The van der Waals surface area contributed by atoms with Crippen LogP contribution in [0.1, 0.15) is 46.2 Å². The van der Waals surface area contributed by atoms with Crippen molar-refractivity contribution in [2.24, 2.45) is 0 Å². The highest BCUT2D eigenvalue weighted by atomic mass is 16.2. The third-order valence-electron chi connectivity index (χ3n) is 4.44. The Morgan fingerprint density at radius 2 is 2.19 bits per heavy atom. The van der Waals surface area contributed by atoms with Crippen molar-refractivity contribution in [3.05, 3.63) is 59.2 Å². The van der Waals surface area contributed by atoms with Crippen LogP contribution in [0.5, 0.6) is 0 Å². The van der Waals surface area contributed by atoms with Crippen LogP contribution in [-0.4, -0.2) is 29.1 Å². The van der Waals surface area contributed by atoms with Crippen LogP contribution in [0.4, 0.5) is 5.82 Å². The first-order valence-electron chi connectivity index (χ1n) is 8.53. The molecule has 1 amide bonds. The summed E-state index contributed by atoms with van der Waals surface area (Å²) in [4.78, 5) is 21.2. The summed E-state index contributed by atoms with van der Waals surface area (Å²) in [6, 6.07) is 8.09. The van der Waals surface area contributed by atoms with Gasteiger partial charge in [0.05, 0.1) is 17.9 Å². The number of rotatable bonds is 5. The van der Waals surface area contributed by atoms with E-state index in [4.69, 9.17) is 11.1 Å². The topological polar surface area (TPSA) is 117 Å². The number of hydrogen-bond acceptors (Lipinski definition) is 6. The maximum absolute atomic E-state index is 12.8. The third kappa shape index (κ3) is 3.56. The Morgan fingerprint density at radius 1 is 1.38 bits per heavy atom. The fourth-order valence-corrected chi connectivity index (χ4v) is 3.18. The summed E-state index contributed by atoms with van der Waals surface area (Å²) in [6.45, 7) is 0. The van der Waals surface area contributed by atoms with Gasteiger partial charge < -0.3 is 21.8 Å². The molecule has 5 N–H and O–H groups in total. The minimum atomic E-state index is -0.354. The first-order chi connectivity index (χ1) is 12.6. The molecular weight excluding hydrogens is 328 g/mol. The zero-order chi connectivity index (χ0) is 18.5. The largest absolute Gasteiger partial charge is 0.393 e. The second kappa shape index (κ2) is 7.77. The molecule has 0 radical (unpaired) electrons. The molecule has 0 saturated heterocycles. The second-order valence-electron chi connectivity index (χ2n) is 6.14. The van der Waals surface area contributed by atoms with Crippen LogP contribution in [0.2, 0.25) is 0 Å². The van der Waals surface area contributed by atoms with Gasteiger partial charge in [0.15, 0.2) is 11.5 Å². The lowest BCUT2D eigenvalue weighted by molar-refractivity contribution is 0.0928. The van der Waals surface area contributed by atoms with Crippen molar-refractivity contribution in [3.63, 3.8) is 0 Å². The van der Waals surface area contributed by atoms with Gasteiger partial charge in [-0.15, -0.1) is 0 Å². The molecule has 1 heterocycles. The first-order valence-corrected chi connectivity index (χ1v) is 8.53. The number of aromatic nitrogens is 2. The molecule has 7 nitrogen and oxygen atoms in total. The van der Waals surface area contributed by atoms with Gasteiger partial charge in [-0.25, -0.2) is 9.97 Å². The Labute approximate surface area is 152 Å². The van der Waals surface area contributed by atoms with Crippen molar-refractivity contribution in [2.75, 3.05) is 12.8 Å². The minimum absolute atomic E-state index is 0.0626. The average molecular weight is 350 g/mol. The monoisotopic (exact) mass is 350 g/mol. The SMILES string of the molecule is CN/C=C(\C=N)c1cnc(N)c(C(=O)NC2CCCc3ccccc32)n1. The van der Waals surface area contributed by atoms with Crippen molar-refractivity contribution in [2.45, 2.75) is 25.3 Å². The van der Waals surface area contributed by atoms with Crippen LogP contribution in [0, 0.1) is 5.41 Å². The molecule has 0 aliphatic heterocycles. The standard InChI is InChI=1S/C19H22N6O/c1-22-10-13(9-20)16-11-23-18(21)17(24-16)19(26)25-15-8-4-6-12-5-2-3-7-14(12)15/h2-3,5,7,9-11,15,20,22H,4,6,8H2,1H3,(H2,21,23)(H,25,26)/b13-10+,20-9?. The summed E-state index contributed by atoms with van der Waals surface area (Å²) in [5.41, 5.74) is 9.29. The highest BCUT2D eigenvalue weighted by Crippen LogP contribution is 2.29. The van der Waals surface area contributed by atoms with Crippen LogP contribution >= 0.6 is 0 Å². The number of nitrogens with zero attached hydrogens (tertiary/aromatic N) is 2. The lowest BCUT2D eigenvalue weighted by atomic mass is 9.87. The van der Waals surface area contributed by atoms with Crippen molar-refractivity contribution in [1.29, 1.82) is 5.41 Å². The quantitative estimate of drug-likeness (QED) is 0.616. The van der Waals surface area contributed by atoms with E-state index in [9.17, 15) is 4.79 Å². The van der Waals surface area contributed by atoms with Gasteiger partial charge in [-0.05, 0) is 30.4 Å². The highest BCUT2D eigenvalue weighted by molar-refractivity contribution is 6.07. The van der Waals surface area contributed by atoms with Crippen LogP contribution in [0.3, 0.4) is 0 Å². The van der Waals surface area contributed by atoms with E-state index in [2.05, 4.69) is 26.7 Å². The maximum Gasteiger partial charge on any atom is 0.274 e. The normalized spacial score (nSPS) is 16.5. The fourth-order valence-electron chi connectivity index (χ4n) is 3.18. The van der Waals surface area contributed by atoms with E-state index in [0.29, 0.717) is 11.3 Å². The predicted octanol–water partition coefficient (Wildman–Crippen LogP) is 2.08. The van der Waals surface area contributed by atoms with Gasteiger partial charge in [-0.3, -0.25) is 4.79 Å². The number of benzene rings is 1. The number of anilines is 1. The number of hydrogen-bond donors (Lipinski definition) is 4. The zero-order valence-corrected chi connectivity index (χ0v) is 14.6. The van der Waals surface area contributed by atoms with Crippen molar-refractivity contribution in [3.8, 4) is 0 Å². The molecule has 1 aromatic carbocycles. The summed E-state index contributed by atoms with van der Waals surface area (Å²) in [6.07, 6.45) is 7.14. The van der Waals surface area contributed by atoms with E-state index in [1.54, 1.807) is 13.2 Å². The molecule has 0 saturated carbocycles. The number of nitrogen functional groups attached to an aromatic ring is 1. The summed E-state index contributed by atoms with van der Waals surface area (Å²) < 4.78 is 0. The zero-order valence-electron chi connectivity index (χ0n) is 14.6. The molecule has 0 fully saturated rings. The molecule has 0 bridgehead atoms. The molecule has 134 valence electrons. The van der Waals surface area contributed by atoms with Gasteiger partial charge in [0, 0.05) is 25.0 Å². The molecule has 1 unspecified atom stereocenters. The average Bonchev–Trinajstić information content (AvgIpc) is 2.67. The third-order valence-corrected chi connectivity index (χ3v) is 4.44. The van der Waals surface area contributed by atoms with Crippen LogP contribution in [0.25, 0.3) is 5.57 Å². The number of nitrogens with one attached hydrogen (secondary N) is 3. The molecule has 26 heavy (non-hydrogen) atoms. The van der Waals surface area contributed by atoms with Gasteiger partial charge in [0.25, 0.3) is 5.91 Å². The molecule has 1 atom stereocenters. The van der Waals surface area contributed by atoms with E-state index in [-0.39, 0.29) is 23.5 Å². The summed E-state index contributed by atoms with van der Waals surface area (Å²) >= 11 is 0. The van der Waals surface area contributed by atoms with Gasteiger partial charge >= 0.3 is 0 Å². The molecule has 1 aromatic heterocycles. The predicted molar refractivity (Wildman–Crippen MR) is 102 cm³/mol. The van der Waals surface area contributed by atoms with Crippen molar-refractivity contribution < 1.29 is 4.79 Å². The Kier molecular flexibility index (Phi) is 5.26. The van der Waals surface area contributed by atoms with Crippen LogP contribution in [-0.2, 0) is 6.42 Å². The number of carbonyl (C=O) groups is 1.